The first-order valence-electron chi connectivity index (χ1n) is 5.25. The van der Waals surface area contributed by atoms with E-state index in [4.69, 9.17) is 0 Å². The highest BCUT2D eigenvalue weighted by atomic mass is 16.2. The molecule has 0 N–H and O–H groups in total. The molecule has 0 aliphatic carbocycles. The highest BCUT2D eigenvalue weighted by Crippen LogP contribution is 2.37. The number of likely N-dealkylation sites (tertiary alicyclic amines) is 2. The molecular formula is C11H18N2O. The van der Waals surface area contributed by atoms with E-state index < -0.39 is 0 Å². The molecule has 78 valence electrons. The van der Waals surface area contributed by atoms with Crippen molar-refractivity contribution in [3.63, 3.8) is 0 Å². The van der Waals surface area contributed by atoms with Gasteiger partial charge in [-0.15, -0.1) is 0 Å². The van der Waals surface area contributed by atoms with Crippen LogP contribution in [0.5, 0.6) is 0 Å². The Bertz CT molecular complexity index is 251. The Labute approximate surface area is 85.4 Å². The molecule has 0 atom stereocenters. The second-order valence-corrected chi connectivity index (χ2v) is 4.74. The summed E-state index contributed by atoms with van der Waals surface area (Å²) in [6.07, 6.45) is 3.85. The van der Waals surface area contributed by atoms with Crippen molar-refractivity contribution in [2.24, 2.45) is 5.41 Å². The zero-order chi connectivity index (χ0) is 10.2. The average Bonchev–Trinajstić information content (AvgIpc) is 2.15. The van der Waals surface area contributed by atoms with Gasteiger partial charge < -0.3 is 9.80 Å². The zero-order valence-corrected chi connectivity index (χ0v) is 8.83. The van der Waals surface area contributed by atoms with Crippen LogP contribution in [0.15, 0.2) is 12.7 Å². The zero-order valence-electron chi connectivity index (χ0n) is 8.83. The Hall–Kier alpha value is -0.830. The molecule has 0 aromatic carbocycles. The van der Waals surface area contributed by atoms with Crippen molar-refractivity contribution < 1.29 is 4.79 Å². The maximum absolute atomic E-state index is 11.5. The Morgan fingerprint density at radius 1 is 1.43 bits per heavy atom. The van der Waals surface area contributed by atoms with Gasteiger partial charge in [-0.3, -0.25) is 4.79 Å². The summed E-state index contributed by atoms with van der Waals surface area (Å²) < 4.78 is 0. The molecule has 2 saturated heterocycles. The predicted molar refractivity (Wildman–Crippen MR) is 55.9 cm³/mol. The second kappa shape index (κ2) is 3.39. The van der Waals surface area contributed by atoms with Gasteiger partial charge in [0.05, 0.1) is 0 Å². The van der Waals surface area contributed by atoms with Gasteiger partial charge in [0.15, 0.2) is 0 Å². The molecular weight excluding hydrogens is 176 g/mol. The number of carbonyl (C=O) groups is 1. The van der Waals surface area contributed by atoms with E-state index in [2.05, 4.69) is 18.5 Å². The highest BCUT2D eigenvalue weighted by molar-refractivity contribution is 5.87. The van der Waals surface area contributed by atoms with Gasteiger partial charge in [-0.2, -0.15) is 0 Å². The minimum atomic E-state index is 0.0960. The molecule has 1 spiro atoms. The average molecular weight is 194 g/mol. The quantitative estimate of drug-likeness (QED) is 0.574. The number of piperidine rings is 1. The van der Waals surface area contributed by atoms with Crippen LogP contribution in [0.2, 0.25) is 0 Å². The van der Waals surface area contributed by atoms with Crippen molar-refractivity contribution in [2.45, 2.75) is 12.8 Å². The van der Waals surface area contributed by atoms with Crippen LogP contribution in [0.1, 0.15) is 12.8 Å². The maximum Gasteiger partial charge on any atom is 0.245 e. The summed E-state index contributed by atoms with van der Waals surface area (Å²) in [4.78, 5) is 15.7. The number of rotatable bonds is 1. The lowest BCUT2D eigenvalue weighted by Gasteiger charge is -2.53. The van der Waals surface area contributed by atoms with Crippen LogP contribution >= 0.6 is 0 Å². The van der Waals surface area contributed by atoms with Crippen molar-refractivity contribution in [2.75, 3.05) is 33.2 Å². The van der Waals surface area contributed by atoms with Crippen LogP contribution in [-0.2, 0) is 4.79 Å². The lowest BCUT2D eigenvalue weighted by Crippen LogP contribution is -2.62. The van der Waals surface area contributed by atoms with Gasteiger partial charge in [-0.1, -0.05) is 6.58 Å². The van der Waals surface area contributed by atoms with Crippen LogP contribution in [-0.4, -0.2) is 48.9 Å². The second-order valence-electron chi connectivity index (χ2n) is 4.74. The molecule has 1 amide bonds. The van der Waals surface area contributed by atoms with E-state index in [-0.39, 0.29) is 5.91 Å². The largest absolute Gasteiger partial charge is 0.339 e. The fraction of sp³-hybridized carbons (Fsp3) is 0.727. The van der Waals surface area contributed by atoms with Crippen molar-refractivity contribution >= 4 is 5.91 Å². The first-order valence-corrected chi connectivity index (χ1v) is 5.25. The standard InChI is InChI=1S/C11H18N2O/c1-3-10(14)13-6-4-5-11(9-13)7-12(2)8-11/h3H,1,4-9H2,2H3. The third kappa shape index (κ3) is 1.57. The minimum absolute atomic E-state index is 0.0960. The summed E-state index contributed by atoms with van der Waals surface area (Å²) in [6, 6.07) is 0. The molecule has 14 heavy (non-hydrogen) atoms. The number of hydrogen-bond acceptors (Lipinski definition) is 2. The first kappa shape index (κ1) is 9.71. The molecule has 0 aromatic rings. The summed E-state index contributed by atoms with van der Waals surface area (Å²) in [7, 11) is 2.14. The molecule has 3 heteroatoms. The fourth-order valence-corrected chi connectivity index (χ4v) is 2.88. The van der Waals surface area contributed by atoms with E-state index >= 15 is 0 Å². The van der Waals surface area contributed by atoms with Gasteiger partial charge in [-0.25, -0.2) is 0 Å². The third-order valence-corrected chi connectivity index (χ3v) is 3.36. The molecule has 0 saturated carbocycles. The van der Waals surface area contributed by atoms with E-state index in [1.165, 1.54) is 12.5 Å². The van der Waals surface area contributed by atoms with Crippen LogP contribution in [0.3, 0.4) is 0 Å². The van der Waals surface area contributed by atoms with Crippen molar-refractivity contribution in [1.82, 2.24) is 9.80 Å². The molecule has 2 aliphatic heterocycles. The smallest absolute Gasteiger partial charge is 0.245 e. The van der Waals surface area contributed by atoms with E-state index in [1.54, 1.807) is 0 Å². The van der Waals surface area contributed by atoms with E-state index in [0.717, 1.165) is 32.6 Å². The summed E-state index contributed by atoms with van der Waals surface area (Å²) >= 11 is 0. The van der Waals surface area contributed by atoms with Gasteiger partial charge in [0.25, 0.3) is 0 Å². The van der Waals surface area contributed by atoms with Crippen molar-refractivity contribution in [3.8, 4) is 0 Å². The normalized spacial score (nSPS) is 25.9. The van der Waals surface area contributed by atoms with Crippen molar-refractivity contribution in [1.29, 1.82) is 0 Å². The van der Waals surface area contributed by atoms with Crippen LogP contribution in [0.4, 0.5) is 0 Å². The molecule has 0 aromatic heterocycles. The van der Waals surface area contributed by atoms with Crippen LogP contribution < -0.4 is 0 Å². The lowest BCUT2D eigenvalue weighted by molar-refractivity contribution is -0.133. The molecule has 3 nitrogen and oxygen atoms in total. The number of carbonyl (C=O) groups excluding carboxylic acids is 1. The third-order valence-electron chi connectivity index (χ3n) is 3.36. The predicted octanol–water partition coefficient (Wildman–Crippen LogP) is 0.727. The van der Waals surface area contributed by atoms with Gasteiger partial charge in [0.2, 0.25) is 5.91 Å². The Morgan fingerprint density at radius 2 is 2.14 bits per heavy atom. The fourth-order valence-electron chi connectivity index (χ4n) is 2.88. The summed E-state index contributed by atoms with van der Waals surface area (Å²) in [5, 5.41) is 0. The summed E-state index contributed by atoms with van der Waals surface area (Å²) in [6.45, 7) is 7.68. The number of hydrogen-bond donors (Lipinski definition) is 0. The highest BCUT2D eigenvalue weighted by Gasteiger charge is 2.44. The molecule has 0 bridgehead atoms. The Kier molecular flexibility index (Phi) is 2.35. The SMILES string of the molecule is C=CC(=O)N1CCCC2(CN(C)C2)C1. The lowest BCUT2D eigenvalue weighted by atomic mass is 9.73. The minimum Gasteiger partial charge on any atom is -0.339 e. The topological polar surface area (TPSA) is 23.6 Å². The Morgan fingerprint density at radius 3 is 2.71 bits per heavy atom. The van der Waals surface area contributed by atoms with E-state index in [0.29, 0.717) is 5.41 Å². The number of amides is 1. The summed E-state index contributed by atoms with van der Waals surface area (Å²) in [5.41, 5.74) is 0.408. The van der Waals surface area contributed by atoms with Gasteiger partial charge in [-0.05, 0) is 26.0 Å². The molecule has 2 fully saturated rings. The van der Waals surface area contributed by atoms with Gasteiger partial charge in [0, 0.05) is 31.6 Å². The van der Waals surface area contributed by atoms with E-state index in [9.17, 15) is 4.79 Å². The monoisotopic (exact) mass is 194 g/mol. The molecule has 2 heterocycles. The molecule has 2 aliphatic rings. The number of nitrogens with zero attached hydrogens (tertiary/aromatic N) is 2. The first-order chi connectivity index (χ1) is 6.65. The molecule has 0 radical (unpaired) electrons. The van der Waals surface area contributed by atoms with Crippen LogP contribution in [0, 0.1) is 5.41 Å². The molecule has 2 rings (SSSR count). The van der Waals surface area contributed by atoms with E-state index in [1.807, 2.05) is 4.90 Å². The van der Waals surface area contributed by atoms with Gasteiger partial charge >= 0.3 is 0 Å². The maximum atomic E-state index is 11.5. The van der Waals surface area contributed by atoms with Crippen molar-refractivity contribution in [3.05, 3.63) is 12.7 Å². The Balaban J connectivity index is 1.98. The summed E-state index contributed by atoms with van der Waals surface area (Å²) in [5.74, 6) is 0.0960. The van der Waals surface area contributed by atoms with Gasteiger partial charge in [0.1, 0.15) is 0 Å². The van der Waals surface area contributed by atoms with Crippen LogP contribution in [0.25, 0.3) is 0 Å². The molecule has 0 unspecified atom stereocenters.